The Morgan fingerprint density at radius 2 is 1.76 bits per heavy atom. The van der Waals surface area contributed by atoms with Gasteiger partial charge in [0.25, 0.3) is 0 Å². The Bertz CT molecular complexity index is 1780. The molecule has 1 saturated heterocycles. The van der Waals surface area contributed by atoms with Gasteiger partial charge < -0.3 is 25.3 Å². The maximum Gasteiger partial charge on any atom is 0.134 e. The topological polar surface area (TPSA) is 91.0 Å². The van der Waals surface area contributed by atoms with Crippen LogP contribution in [-0.2, 0) is 4.74 Å². The van der Waals surface area contributed by atoms with Crippen molar-refractivity contribution in [3.63, 3.8) is 0 Å². The number of imidazole rings is 1. The van der Waals surface area contributed by atoms with Crippen molar-refractivity contribution in [1.82, 2.24) is 19.9 Å². The summed E-state index contributed by atoms with van der Waals surface area (Å²) in [6.07, 6.45) is 9.52. The number of aryl methyl sites for hydroxylation is 1. The fourth-order valence-electron chi connectivity index (χ4n) is 4.94. The molecular weight excluding hydrogens is 510 g/mol. The van der Waals surface area contributed by atoms with E-state index in [4.69, 9.17) is 9.72 Å². The smallest absolute Gasteiger partial charge is 0.134 e. The van der Waals surface area contributed by atoms with Crippen LogP contribution in [0.1, 0.15) is 18.4 Å². The van der Waals surface area contributed by atoms with Crippen molar-refractivity contribution in [3.05, 3.63) is 109 Å². The number of fused-ring (bicyclic) bond motifs is 2. The number of hydrogen-bond donors (Lipinski definition) is 3. The molecule has 0 saturated carbocycles. The Kier molecular flexibility index (Phi) is 7.47. The summed E-state index contributed by atoms with van der Waals surface area (Å²) in [5.41, 5.74) is 9.82. The summed E-state index contributed by atoms with van der Waals surface area (Å²) in [5, 5.41) is 8.04. The second-order valence-corrected chi connectivity index (χ2v) is 10.1. The zero-order valence-corrected chi connectivity index (χ0v) is 23.3. The van der Waals surface area contributed by atoms with Crippen LogP contribution in [0.4, 0.5) is 22.7 Å². The lowest BCUT2D eigenvalue weighted by molar-refractivity contribution is 0.122. The van der Waals surface area contributed by atoms with Gasteiger partial charge in [0.2, 0.25) is 0 Å². The molecule has 0 radical (unpaired) electrons. The van der Waals surface area contributed by atoms with Gasteiger partial charge in [0, 0.05) is 65.0 Å². The van der Waals surface area contributed by atoms with Gasteiger partial charge in [0.15, 0.2) is 0 Å². The van der Waals surface area contributed by atoms with Crippen LogP contribution in [0.5, 0.6) is 0 Å². The van der Waals surface area contributed by atoms with Crippen molar-refractivity contribution in [1.29, 1.82) is 0 Å². The van der Waals surface area contributed by atoms with Crippen molar-refractivity contribution in [3.8, 4) is 0 Å². The van der Waals surface area contributed by atoms with Gasteiger partial charge in [-0.3, -0.25) is 9.97 Å². The second kappa shape index (κ2) is 11.7. The molecule has 0 unspecified atom stereocenters. The molecule has 206 valence electrons. The molecular formula is C33H33N7O. The number of pyridine rings is 2. The van der Waals surface area contributed by atoms with Crippen molar-refractivity contribution in [2.24, 2.45) is 0 Å². The van der Waals surface area contributed by atoms with Crippen LogP contribution < -0.4 is 15.5 Å². The monoisotopic (exact) mass is 543 g/mol. The molecule has 1 fully saturated rings. The normalized spacial score (nSPS) is 14.4. The van der Waals surface area contributed by atoms with E-state index in [1.54, 1.807) is 6.20 Å². The largest absolute Gasteiger partial charge is 0.378 e. The highest BCUT2D eigenvalue weighted by Crippen LogP contribution is 2.29. The summed E-state index contributed by atoms with van der Waals surface area (Å²) in [6.45, 7) is 11.3. The molecule has 3 N–H and O–H groups in total. The Morgan fingerprint density at radius 1 is 0.951 bits per heavy atom. The van der Waals surface area contributed by atoms with Crippen LogP contribution in [-0.4, -0.2) is 46.2 Å². The van der Waals surface area contributed by atoms with Gasteiger partial charge in [-0.15, -0.1) is 0 Å². The maximum absolute atomic E-state index is 5.52. The number of H-pyrrole nitrogens is 1. The van der Waals surface area contributed by atoms with Gasteiger partial charge in [0.05, 0.1) is 29.8 Å². The highest BCUT2D eigenvalue weighted by atomic mass is 16.5. The molecule has 0 atom stereocenters. The predicted octanol–water partition coefficient (Wildman–Crippen LogP) is 6.98. The first kappa shape index (κ1) is 26.3. The summed E-state index contributed by atoms with van der Waals surface area (Å²) < 4.78 is 5.52. The van der Waals surface area contributed by atoms with E-state index < -0.39 is 0 Å². The number of rotatable bonds is 8. The number of allylic oxidation sites excluding steroid dienone is 4. The maximum atomic E-state index is 5.52. The standard InChI is InChI=1S/C33H33N7O/c1-4-24(37-30-12-14-35-29-10-8-27(21-28(29)30)40-15-17-41-18-16-40)6-5-22(2)33-38-31-9-7-25(20-32(31)39-33)36-26-11-13-34-23(3)19-26/h4-14,19-21H,1,15-18H2,2-3H3,(H,34,36)(H,35,37)(H,38,39)/b22-5+,24-6+. The van der Waals surface area contributed by atoms with Crippen LogP contribution in [0.2, 0.25) is 0 Å². The molecule has 0 amide bonds. The predicted molar refractivity (Wildman–Crippen MR) is 169 cm³/mol. The Labute approximate surface area is 239 Å². The van der Waals surface area contributed by atoms with E-state index in [0.717, 1.165) is 88.1 Å². The van der Waals surface area contributed by atoms with Crippen molar-refractivity contribution >= 4 is 50.3 Å². The van der Waals surface area contributed by atoms with Crippen molar-refractivity contribution in [2.45, 2.75) is 13.8 Å². The summed E-state index contributed by atoms with van der Waals surface area (Å²) in [6, 6.07) is 18.5. The minimum Gasteiger partial charge on any atom is -0.378 e. The quantitative estimate of drug-likeness (QED) is 0.182. The van der Waals surface area contributed by atoms with Gasteiger partial charge in [0.1, 0.15) is 5.82 Å². The van der Waals surface area contributed by atoms with Crippen LogP contribution in [0.25, 0.3) is 27.5 Å². The first-order valence-corrected chi connectivity index (χ1v) is 13.7. The average Bonchev–Trinajstić information content (AvgIpc) is 3.43. The van der Waals surface area contributed by atoms with E-state index in [0.29, 0.717) is 0 Å². The summed E-state index contributed by atoms with van der Waals surface area (Å²) in [5.74, 6) is 0.820. The third-order valence-corrected chi connectivity index (χ3v) is 7.15. The Morgan fingerprint density at radius 3 is 2.59 bits per heavy atom. The summed E-state index contributed by atoms with van der Waals surface area (Å²) >= 11 is 0. The van der Waals surface area contributed by atoms with Gasteiger partial charge in [-0.25, -0.2) is 4.98 Å². The number of anilines is 4. The number of morpholine rings is 1. The number of benzene rings is 2. The van der Waals surface area contributed by atoms with Crippen LogP contribution in [0.3, 0.4) is 0 Å². The molecule has 6 rings (SSSR count). The first-order valence-electron chi connectivity index (χ1n) is 13.7. The highest BCUT2D eigenvalue weighted by Gasteiger charge is 2.13. The van der Waals surface area contributed by atoms with Crippen LogP contribution in [0.15, 0.2) is 97.5 Å². The second-order valence-electron chi connectivity index (χ2n) is 10.1. The lowest BCUT2D eigenvalue weighted by atomic mass is 10.1. The molecule has 2 aromatic carbocycles. The Balaban J connectivity index is 1.22. The van der Waals surface area contributed by atoms with E-state index in [1.165, 1.54) is 5.69 Å². The molecule has 1 aliphatic rings. The van der Waals surface area contributed by atoms with E-state index in [2.05, 4.69) is 61.3 Å². The molecule has 8 nitrogen and oxygen atoms in total. The summed E-state index contributed by atoms with van der Waals surface area (Å²) in [4.78, 5) is 19.4. The van der Waals surface area contributed by atoms with Gasteiger partial charge in [-0.05, 0) is 86.2 Å². The lowest BCUT2D eigenvalue weighted by Crippen LogP contribution is -2.36. The Hall–Kier alpha value is -4.95. The number of ether oxygens (including phenoxy) is 1. The van der Waals surface area contributed by atoms with Gasteiger partial charge in [-0.2, -0.15) is 0 Å². The van der Waals surface area contributed by atoms with E-state index in [9.17, 15) is 0 Å². The molecule has 8 heteroatoms. The number of nitrogens with zero attached hydrogens (tertiary/aromatic N) is 4. The zero-order valence-electron chi connectivity index (χ0n) is 23.3. The van der Waals surface area contributed by atoms with Crippen molar-refractivity contribution in [2.75, 3.05) is 41.8 Å². The van der Waals surface area contributed by atoms with Crippen LogP contribution >= 0.6 is 0 Å². The number of hydrogen-bond acceptors (Lipinski definition) is 7. The fraction of sp³-hybridized carbons (Fsp3) is 0.182. The minimum absolute atomic E-state index is 0.750. The summed E-state index contributed by atoms with van der Waals surface area (Å²) in [7, 11) is 0. The molecule has 0 bridgehead atoms. The van der Waals surface area contributed by atoms with E-state index >= 15 is 0 Å². The lowest BCUT2D eigenvalue weighted by Gasteiger charge is -2.29. The van der Waals surface area contributed by atoms with E-state index in [-0.39, 0.29) is 0 Å². The minimum atomic E-state index is 0.750. The molecule has 3 aromatic heterocycles. The highest BCUT2D eigenvalue weighted by molar-refractivity contribution is 5.94. The van der Waals surface area contributed by atoms with Gasteiger partial charge >= 0.3 is 0 Å². The number of nitrogens with one attached hydrogen (secondary N) is 3. The molecule has 0 aliphatic carbocycles. The third kappa shape index (κ3) is 5.97. The zero-order chi connectivity index (χ0) is 28.2. The third-order valence-electron chi connectivity index (χ3n) is 7.15. The average molecular weight is 544 g/mol. The number of aromatic nitrogens is 4. The van der Waals surface area contributed by atoms with Crippen molar-refractivity contribution < 1.29 is 4.74 Å². The molecule has 5 aromatic rings. The first-order chi connectivity index (χ1) is 20.1. The van der Waals surface area contributed by atoms with Crippen LogP contribution in [0, 0.1) is 6.92 Å². The molecule has 0 spiro atoms. The molecule has 41 heavy (non-hydrogen) atoms. The number of aromatic amines is 1. The fourth-order valence-corrected chi connectivity index (χ4v) is 4.94. The molecule has 1 aliphatic heterocycles. The SMILES string of the molecule is C=C/C(=C\C=C(/C)c1nc2ccc(Nc3ccnc(C)c3)cc2[nH]1)Nc1ccnc2ccc(N3CCOCC3)cc12. The van der Waals surface area contributed by atoms with E-state index in [1.807, 2.05) is 68.6 Å². The van der Waals surface area contributed by atoms with Gasteiger partial charge in [-0.1, -0.05) is 12.7 Å². The molecule has 4 heterocycles.